The molecule has 0 aliphatic carbocycles. The maximum Gasteiger partial charge on any atom is 0.160 e. The van der Waals surface area contributed by atoms with Gasteiger partial charge in [0.25, 0.3) is 0 Å². The Bertz CT molecular complexity index is 2540. The number of benzene rings is 6. The zero-order valence-electron chi connectivity index (χ0n) is 26.5. The number of rotatable bonds is 6. The molecule has 0 saturated heterocycles. The van der Waals surface area contributed by atoms with E-state index in [1.807, 2.05) is 66.9 Å². The molecular formula is C45H29N3O. The third-order valence-corrected chi connectivity index (χ3v) is 8.96. The van der Waals surface area contributed by atoms with Gasteiger partial charge < -0.3 is 4.42 Å². The van der Waals surface area contributed by atoms with Gasteiger partial charge in [0.05, 0.1) is 11.4 Å². The second-order valence-corrected chi connectivity index (χ2v) is 12.1. The predicted molar refractivity (Wildman–Crippen MR) is 200 cm³/mol. The van der Waals surface area contributed by atoms with Crippen LogP contribution in [-0.2, 0) is 0 Å². The maximum absolute atomic E-state index is 6.17. The summed E-state index contributed by atoms with van der Waals surface area (Å²) in [4.78, 5) is 14.6. The van der Waals surface area contributed by atoms with Crippen molar-refractivity contribution in [1.82, 2.24) is 15.0 Å². The van der Waals surface area contributed by atoms with E-state index in [2.05, 4.69) is 108 Å². The summed E-state index contributed by atoms with van der Waals surface area (Å²) < 4.78 is 6.17. The lowest BCUT2D eigenvalue weighted by molar-refractivity contribution is 0.669. The van der Waals surface area contributed by atoms with Crippen molar-refractivity contribution in [2.75, 3.05) is 0 Å². The highest BCUT2D eigenvalue weighted by Crippen LogP contribution is 2.38. The SMILES string of the molecule is c1ccc(-c2cccc(-c3cc(-c4ccc5oc6ccccc6c5c4)cc(-c4cc(-c5cccnc5)nc(-c5ccccc5)n4)c3)c2)cc1. The summed E-state index contributed by atoms with van der Waals surface area (Å²) in [7, 11) is 0. The molecule has 0 aliphatic rings. The van der Waals surface area contributed by atoms with Crippen LogP contribution >= 0.6 is 0 Å². The zero-order valence-corrected chi connectivity index (χ0v) is 26.5. The lowest BCUT2D eigenvalue weighted by Crippen LogP contribution is -1.96. The Morgan fingerprint density at radius 3 is 1.67 bits per heavy atom. The van der Waals surface area contributed by atoms with E-state index in [-0.39, 0.29) is 0 Å². The molecule has 0 atom stereocenters. The molecule has 6 aromatic carbocycles. The van der Waals surface area contributed by atoms with Crippen LogP contribution in [0.4, 0.5) is 0 Å². The third kappa shape index (κ3) is 5.56. The number of hydrogen-bond acceptors (Lipinski definition) is 4. The average Bonchev–Trinajstić information content (AvgIpc) is 3.57. The lowest BCUT2D eigenvalue weighted by Gasteiger charge is -2.14. The highest BCUT2D eigenvalue weighted by molar-refractivity contribution is 6.06. The van der Waals surface area contributed by atoms with Crippen LogP contribution in [0.1, 0.15) is 0 Å². The highest BCUT2D eigenvalue weighted by Gasteiger charge is 2.15. The molecule has 4 nitrogen and oxygen atoms in total. The third-order valence-electron chi connectivity index (χ3n) is 8.96. The average molecular weight is 628 g/mol. The summed E-state index contributed by atoms with van der Waals surface area (Å²) >= 11 is 0. The first-order valence-corrected chi connectivity index (χ1v) is 16.3. The van der Waals surface area contributed by atoms with Gasteiger partial charge in [-0.25, -0.2) is 9.97 Å². The van der Waals surface area contributed by atoms with Crippen LogP contribution in [0.2, 0.25) is 0 Å². The molecule has 49 heavy (non-hydrogen) atoms. The van der Waals surface area contributed by atoms with Crippen molar-refractivity contribution in [3.8, 4) is 67.3 Å². The normalized spacial score (nSPS) is 11.3. The van der Waals surface area contributed by atoms with E-state index < -0.39 is 0 Å². The molecule has 0 fully saturated rings. The van der Waals surface area contributed by atoms with Crippen molar-refractivity contribution in [3.63, 3.8) is 0 Å². The van der Waals surface area contributed by atoms with Crippen LogP contribution in [0.5, 0.6) is 0 Å². The number of para-hydroxylation sites is 1. The number of furan rings is 1. The second kappa shape index (κ2) is 12.2. The molecule has 3 heterocycles. The van der Waals surface area contributed by atoms with E-state index in [0.29, 0.717) is 5.82 Å². The van der Waals surface area contributed by atoms with E-state index in [9.17, 15) is 0 Å². The monoisotopic (exact) mass is 627 g/mol. The minimum Gasteiger partial charge on any atom is -0.456 e. The summed E-state index contributed by atoms with van der Waals surface area (Å²) in [5.74, 6) is 0.668. The van der Waals surface area contributed by atoms with Crippen molar-refractivity contribution in [1.29, 1.82) is 0 Å². The molecule has 230 valence electrons. The van der Waals surface area contributed by atoms with Crippen LogP contribution < -0.4 is 0 Å². The Kier molecular flexibility index (Phi) is 7.10. The van der Waals surface area contributed by atoms with Gasteiger partial charge in [0.1, 0.15) is 11.2 Å². The summed E-state index contributed by atoms with van der Waals surface area (Å²) in [6.45, 7) is 0. The fourth-order valence-corrected chi connectivity index (χ4v) is 6.50. The maximum atomic E-state index is 6.17. The first-order chi connectivity index (χ1) is 24.2. The Morgan fingerprint density at radius 2 is 0.918 bits per heavy atom. The van der Waals surface area contributed by atoms with Gasteiger partial charge in [0, 0.05) is 39.9 Å². The van der Waals surface area contributed by atoms with Gasteiger partial charge in [-0.3, -0.25) is 4.98 Å². The number of hydrogen-bond donors (Lipinski definition) is 0. The van der Waals surface area contributed by atoms with Crippen LogP contribution in [0.3, 0.4) is 0 Å². The van der Waals surface area contributed by atoms with E-state index in [1.54, 1.807) is 6.20 Å². The standard InChI is InChI=1S/C45H29N3O/c1-3-11-30(12-4-1)32-15-9-16-33(23-32)36-24-37(34-20-21-44-40(27-34)39-18-7-8-19-43(39)49-44)26-38(25-36)42-28-41(35-17-10-22-46-29-35)47-45(48-42)31-13-5-2-6-14-31/h1-29H. The number of fused-ring (bicyclic) bond motifs is 3. The van der Waals surface area contributed by atoms with Gasteiger partial charge in [-0.2, -0.15) is 0 Å². The fraction of sp³-hybridized carbons (Fsp3) is 0. The Morgan fingerprint density at radius 1 is 0.347 bits per heavy atom. The molecule has 9 rings (SSSR count). The van der Waals surface area contributed by atoms with Crippen molar-refractivity contribution in [2.45, 2.75) is 0 Å². The van der Waals surface area contributed by atoms with Gasteiger partial charge in [-0.15, -0.1) is 0 Å². The van der Waals surface area contributed by atoms with Crippen LogP contribution in [-0.4, -0.2) is 15.0 Å². The van der Waals surface area contributed by atoms with E-state index >= 15 is 0 Å². The summed E-state index contributed by atoms with van der Waals surface area (Å²) in [5.41, 5.74) is 13.1. The highest BCUT2D eigenvalue weighted by atomic mass is 16.3. The molecule has 0 amide bonds. The Hall–Kier alpha value is -6.65. The van der Waals surface area contributed by atoms with Crippen molar-refractivity contribution in [2.24, 2.45) is 0 Å². The molecule has 9 aromatic rings. The molecule has 4 heteroatoms. The number of aromatic nitrogens is 3. The number of nitrogens with zero attached hydrogens (tertiary/aromatic N) is 3. The topological polar surface area (TPSA) is 51.8 Å². The summed E-state index contributed by atoms with van der Waals surface area (Å²) in [6.07, 6.45) is 3.63. The molecule has 0 radical (unpaired) electrons. The number of pyridine rings is 1. The predicted octanol–water partition coefficient (Wildman–Crippen LogP) is 11.8. The van der Waals surface area contributed by atoms with E-state index in [0.717, 1.165) is 72.3 Å². The molecule has 0 N–H and O–H groups in total. The molecular weight excluding hydrogens is 599 g/mol. The summed E-state index contributed by atoms with van der Waals surface area (Å²) in [6, 6.07) is 56.8. The van der Waals surface area contributed by atoms with E-state index in [1.165, 1.54) is 11.1 Å². The second-order valence-electron chi connectivity index (χ2n) is 12.1. The van der Waals surface area contributed by atoms with Gasteiger partial charge in [-0.1, -0.05) is 103 Å². The van der Waals surface area contributed by atoms with Crippen LogP contribution in [0, 0.1) is 0 Å². The minimum atomic E-state index is 0.668. The summed E-state index contributed by atoms with van der Waals surface area (Å²) in [5, 5.41) is 2.20. The van der Waals surface area contributed by atoms with Gasteiger partial charge in [0.15, 0.2) is 5.82 Å². The van der Waals surface area contributed by atoms with Gasteiger partial charge in [-0.05, 0) is 94.0 Å². The van der Waals surface area contributed by atoms with E-state index in [4.69, 9.17) is 14.4 Å². The molecule has 0 bridgehead atoms. The Labute approximate surface area is 284 Å². The van der Waals surface area contributed by atoms with Gasteiger partial charge in [0.2, 0.25) is 0 Å². The van der Waals surface area contributed by atoms with Crippen molar-refractivity contribution < 1.29 is 4.42 Å². The van der Waals surface area contributed by atoms with Crippen molar-refractivity contribution >= 4 is 21.9 Å². The van der Waals surface area contributed by atoms with Crippen LogP contribution in [0.25, 0.3) is 89.2 Å². The quantitative estimate of drug-likeness (QED) is 0.184. The van der Waals surface area contributed by atoms with Crippen molar-refractivity contribution in [3.05, 3.63) is 176 Å². The fourth-order valence-electron chi connectivity index (χ4n) is 6.50. The molecule has 0 unspecified atom stereocenters. The van der Waals surface area contributed by atoms with Gasteiger partial charge >= 0.3 is 0 Å². The largest absolute Gasteiger partial charge is 0.456 e. The first kappa shape index (κ1) is 28.6. The lowest BCUT2D eigenvalue weighted by atomic mass is 9.92. The molecule has 0 saturated carbocycles. The first-order valence-electron chi connectivity index (χ1n) is 16.3. The van der Waals surface area contributed by atoms with Crippen LogP contribution in [0.15, 0.2) is 181 Å². The minimum absolute atomic E-state index is 0.668. The Balaban J connectivity index is 1.27. The molecule has 3 aromatic heterocycles. The molecule has 0 aliphatic heterocycles. The zero-order chi connectivity index (χ0) is 32.6. The molecule has 0 spiro atoms. The smallest absolute Gasteiger partial charge is 0.160 e.